The van der Waals surface area contributed by atoms with E-state index in [4.69, 9.17) is 0 Å². The minimum Gasteiger partial charge on any atom is -0.317 e. The van der Waals surface area contributed by atoms with Gasteiger partial charge in [-0.3, -0.25) is 0 Å². The number of rotatable bonds is 3. The monoisotopic (exact) mass is 210 g/mol. The van der Waals surface area contributed by atoms with Gasteiger partial charge in [-0.25, -0.2) is 0 Å². The lowest BCUT2D eigenvalue weighted by atomic mass is 9.97. The molecule has 0 spiro atoms. The summed E-state index contributed by atoms with van der Waals surface area (Å²) in [5, 5.41) is 3.41. The second-order valence-corrected chi connectivity index (χ2v) is 6.24. The van der Waals surface area contributed by atoms with Crippen LogP contribution in [0.3, 0.4) is 0 Å². The van der Waals surface area contributed by atoms with Crippen LogP contribution in [0.1, 0.15) is 40.0 Å². The lowest BCUT2D eigenvalue weighted by molar-refractivity contribution is 0.128. The molecule has 2 nitrogen and oxygen atoms in total. The Balaban J connectivity index is 1.79. The van der Waals surface area contributed by atoms with E-state index in [-0.39, 0.29) is 0 Å². The van der Waals surface area contributed by atoms with Crippen molar-refractivity contribution < 1.29 is 0 Å². The summed E-state index contributed by atoms with van der Waals surface area (Å²) in [6.45, 7) is 9.83. The number of hydrogen-bond donors (Lipinski definition) is 1. The third kappa shape index (κ3) is 2.54. The van der Waals surface area contributed by atoms with Gasteiger partial charge >= 0.3 is 0 Å². The van der Waals surface area contributed by atoms with Gasteiger partial charge in [0.2, 0.25) is 0 Å². The van der Waals surface area contributed by atoms with Gasteiger partial charge in [0.15, 0.2) is 0 Å². The van der Waals surface area contributed by atoms with Crippen LogP contribution >= 0.6 is 0 Å². The first-order valence-electron chi connectivity index (χ1n) is 6.44. The van der Waals surface area contributed by atoms with Crippen LogP contribution in [0.25, 0.3) is 0 Å². The molecule has 0 amide bonds. The molecule has 0 bridgehead atoms. The van der Waals surface area contributed by atoms with Gasteiger partial charge in [0.1, 0.15) is 0 Å². The van der Waals surface area contributed by atoms with Crippen molar-refractivity contribution in [3.05, 3.63) is 0 Å². The van der Waals surface area contributed by atoms with Crippen LogP contribution in [-0.4, -0.2) is 37.1 Å². The summed E-state index contributed by atoms with van der Waals surface area (Å²) in [5.74, 6) is 0.964. The Morgan fingerprint density at radius 1 is 1.40 bits per heavy atom. The Labute approximate surface area is 94.4 Å². The maximum absolute atomic E-state index is 3.41. The van der Waals surface area contributed by atoms with Crippen LogP contribution in [0, 0.1) is 11.3 Å². The van der Waals surface area contributed by atoms with E-state index < -0.39 is 0 Å². The van der Waals surface area contributed by atoms with Gasteiger partial charge in [0.25, 0.3) is 0 Å². The maximum atomic E-state index is 3.41. The average molecular weight is 210 g/mol. The minimum atomic E-state index is 0.638. The van der Waals surface area contributed by atoms with E-state index in [9.17, 15) is 0 Å². The van der Waals surface area contributed by atoms with E-state index in [1.54, 1.807) is 0 Å². The molecule has 88 valence electrons. The number of nitrogens with zero attached hydrogens (tertiary/aromatic N) is 1. The molecular weight excluding hydrogens is 184 g/mol. The summed E-state index contributed by atoms with van der Waals surface area (Å²) < 4.78 is 0. The number of hydrogen-bond acceptors (Lipinski definition) is 2. The molecule has 2 aliphatic rings. The van der Waals surface area contributed by atoms with E-state index in [1.165, 1.54) is 32.4 Å². The van der Waals surface area contributed by atoms with Gasteiger partial charge < -0.3 is 10.2 Å². The lowest BCUT2D eigenvalue weighted by Gasteiger charge is -2.38. The van der Waals surface area contributed by atoms with Crippen molar-refractivity contribution in [3.63, 3.8) is 0 Å². The zero-order valence-electron chi connectivity index (χ0n) is 10.7. The predicted octanol–water partition coefficient (Wildman–Crippen LogP) is 2.10. The quantitative estimate of drug-likeness (QED) is 0.767. The highest BCUT2D eigenvalue weighted by Gasteiger charge is 2.46. The molecule has 2 heteroatoms. The molecule has 0 radical (unpaired) electrons. The molecule has 15 heavy (non-hydrogen) atoms. The van der Waals surface area contributed by atoms with Crippen molar-refractivity contribution in [2.24, 2.45) is 11.3 Å². The van der Waals surface area contributed by atoms with Crippen molar-refractivity contribution in [2.75, 3.05) is 20.1 Å². The molecule has 1 heterocycles. The summed E-state index contributed by atoms with van der Waals surface area (Å²) in [5.41, 5.74) is 0.638. The zero-order chi connectivity index (χ0) is 11.1. The molecule has 3 unspecified atom stereocenters. The molecule has 1 aliphatic carbocycles. The fourth-order valence-corrected chi connectivity index (χ4v) is 2.93. The van der Waals surface area contributed by atoms with Crippen molar-refractivity contribution in [3.8, 4) is 0 Å². The van der Waals surface area contributed by atoms with Gasteiger partial charge in [-0.1, -0.05) is 13.8 Å². The average Bonchev–Trinajstić information content (AvgIpc) is 2.77. The number of likely N-dealkylation sites (tertiary alicyclic amines) is 1. The summed E-state index contributed by atoms with van der Waals surface area (Å²) in [7, 11) is 2.09. The summed E-state index contributed by atoms with van der Waals surface area (Å²) in [4.78, 5) is 2.70. The molecule has 1 aliphatic heterocycles. The van der Waals surface area contributed by atoms with Gasteiger partial charge in [-0.2, -0.15) is 0 Å². The van der Waals surface area contributed by atoms with Gasteiger partial charge in [-0.05, 0) is 51.1 Å². The van der Waals surface area contributed by atoms with Crippen LogP contribution in [0.4, 0.5) is 0 Å². The Morgan fingerprint density at radius 2 is 2.07 bits per heavy atom. The highest BCUT2D eigenvalue weighted by molar-refractivity contribution is 4.98. The normalized spacial score (nSPS) is 40.4. The van der Waals surface area contributed by atoms with E-state index >= 15 is 0 Å². The molecule has 2 rings (SSSR count). The zero-order valence-corrected chi connectivity index (χ0v) is 10.7. The van der Waals surface area contributed by atoms with E-state index in [0.717, 1.165) is 18.0 Å². The molecular formula is C13H26N2. The Hall–Kier alpha value is -0.0800. The fourth-order valence-electron chi connectivity index (χ4n) is 2.93. The third-order valence-electron chi connectivity index (χ3n) is 4.59. The standard InChI is InChI=1S/C13H26N2/c1-10-7-12(14-4)5-6-15(10)9-11-8-13(11,2)3/h10-12,14H,5-9H2,1-4H3. The van der Waals surface area contributed by atoms with E-state index in [0.29, 0.717) is 5.41 Å². The summed E-state index contributed by atoms with van der Waals surface area (Å²) >= 11 is 0. The Morgan fingerprint density at radius 3 is 2.53 bits per heavy atom. The molecule has 0 aromatic carbocycles. The van der Waals surface area contributed by atoms with Gasteiger partial charge in [-0.15, -0.1) is 0 Å². The number of piperidine rings is 1. The van der Waals surface area contributed by atoms with Crippen LogP contribution in [0.5, 0.6) is 0 Å². The lowest BCUT2D eigenvalue weighted by Crippen LogP contribution is -2.47. The van der Waals surface area contributed by atoms with Crippen molar-refractivity contribution in [2.45, 2.75) is 52.1 Å². The minimum absolute atomic E-state index is 0.638. The maximum Gasteiger partial charge on any atom is 0.00910 e. The van der Waals surface area contributed by atoms with Crippen LogP contribution in [0.2, 0.25) is 0 Å². The smallest absolute Gasteiger partial charge is 0.00910 e. The molecule has 0 aromatic rings. The Bertz CT molecular complexity index is 225. The first-order chi connectivity index (χ1) is 7.03. The first-order valence-corrected chi connectivity index (χ1v) is 6.44. The largest absolute Gasteiger partial charge is 0.317 e. The van der Waals surface area contributed by atoms with E-state index in [1.807, 2.05) is 0 Å². The molecule has 1 saturated heterocycles. The molecule has 2 fully saturated rings. The topological polar surface area (TPSA) is 15.3 Å². The Kier molecular flexibility index (Phi) is 3.09. The fraction of sp³-hybridized carbons (Fsp3) is 1.00. The van der Waals surface area contributed by atoms with Crippen LogP contribution < -0.4 is 5.32 Å². The molecule has 1 N–H and O–H groups in total. The van der Waals surface area contributed by atoms with Crippen molar-refractivity contribution in [1.82, 2.24) is 10.2 Å². The second-order valence-electron chi connectivity index (χ2n) is 6.24. The van der Waals surface area contributed by atoms with Crippen molar-refractivity contribution in [1.29, 1.82) is 0 Å². The van der Waals surface area contributed by atoms with Crippen LogP contribution in [-0.2, 0) is 0 Å². The van der Waals surface area contributed by atoms with Crippen molar-refractivity contribution >= 4 is 0 Å². The summed E-state index contributed by atoms with van der Waals surface area (Å²) in [6, 6.07) is 1.52. The third-order valence-corrected chi connectivity index (χ3v) is 4.59. The highest BCUT2D eigenvalue weighted by atomic mass is 15.2. The van der Waals surface area contributed by atoms with Gasteiger partial charge in [0, 0.05) is 18.6 Å². The summed E-state index contributed by atoms with van der Waals surface area (Å²) in [6.07, 6.45) is 4.09. The first kappa shape index (κ1) is 11.4. The van der Waals surface area contributed by atoms with Gasteiger partial charge in [0.05, 0.1) is 0 Å². The molecule has 0 aromatic heterocycles. The second kappa shape index (κ2) is 4.06. The van der Waals surface area contributed by atoms with Crippen LogP contribution in [0.15, 0.2) is 0 Å². The number of nitrogens with one attached hydrogen (secondary N) is 1. The predicted molar refractivity (Wildman–Crippen MR) is 65.0 cm³/mol. The molecule has 3 atom stereocenters. The van der Waals surface area contributed by atoms with E-state index in [2.05, 4.69) is 38.0 Å². The SMILES string of the molecule is CNC1CCN(CC2CC2(C)C)C(C)C1. The molecule has 1 saturated carbocycles. The highest BCUT2D eigenvalue weighted by Crippen LogP contribution is 2.52.